The number of aromatic nitrogens is 2. The van der Waals surface area contributed by atoms with Gasteiger partial charge in [0, 0.05) is 17.2 Å². The first-order valence-electron chi connectivity index (χ1n) is 8.78. The van der Waals surface area contributed by atoms with Crippen molar-refractivity contribution in [3.05, 3.63) is 83.9 Å². The van der Waals surface area contributed by atoms with Gasteiger partial charge in [0.1, 0.15) is 29.7 Å². The van der Waals surface area contributed by atoms with E-state index in [1.165, 1.54) is 12.1 Å². The molecule has 29 heavy (non-hydrogen) atoms. The third-order valence-electron chi connectivity index (χ3n) is 4.27. The predicted molar refractivity (Wildman–Crippen MR) is 102 cm³/mol. The molecule has 1 aromatic heterocycles. The van der Waals surface area contributed by atoms with Crippen molar-refractivity contribution in [1.82, 2.24) is 10.1 Å². The van der Waals surface area contributed by atoms with E-state index in [9.17, 15) is 8.78 Å². The third-order valence-corrected chi connectivity index (χ3v) is 4.27. The molecule has 0 unspecified atom stereocenters. The number of rotatable bonds is 6. The summed E-state index contributed by atoms with van der Waals surface area (Å²) in [6.45, 7) is -0.0335. The number of benzene rings is 3. The fourth-order valence-electron chi connectivity index (χ4n) is 2.80. The van der Waals surface area contributed by atoms with Gasteiger partial charge in [0.2, 0.25) is 5.82 Å². The van der Waals surface area contributed by atoms with Gasteiger partial charge in [0.25, 0.3) is 5.89 Å². The molecule has 0 saturated carbocycles. The van der Waals surface area contributed by atoms with Crippen molar-refractivity contribution >= 4 is 0 Å². The molecule has 0 radical (unpaired) electrons. The van der Waals surface area contributed by atoms with Gasteiger partial charge in [-0.1, -0.05) is 29.4 Å². The lowest BCUT2D eigenvalue weighted by Gasteiger charge is -2.08. The summed E-state index contributed by atoms with van der Waals surface area (Å²) in [7, 11) is 1.57. The smallest absolute Gasteiger partial charge is 0.262 e. The molecule has 0 spiro atoms. The topological polar surface area (TPSA) is 57.4 Å². The summed E-state index contributed by atoms with van der Waals surface area (Å²) in [6, 6.07) is 17.7. The molecule has 0 aliphatic carbocycles. The first-order chi connectivity index (χ1) is 14.1. The van der Waals surface area contributed by atoms with Crippen LogP contribution in [0.4, 0.5) is 8.78 Å². The highest BCUT2D eigenvalue weighted by molar-refractivity contribution is 5.65. The Morgan fingerprint density at radius 1 is 0.966 bits per heavy atom. The minimum absolute atomic E-state index is 0.0335. The molecule has 0 saturated heterocycles. The van der Waals surface area contributed by atoms with Crippen LogP contribution < -0.4 is 9.47 Å². The molecule has 0 atom stereocenters. The average molecular weight is 394 g/mol. The van der Waals surface area contributed by atoms with Crippen LogP contribution in [0.5, 0.6) is 11.5 Å². The second-order valence-electron chi connectivity index (χ2n) is 6.18. The third kappa shape index (κ3) is 4.08. The van der Waals surface area contributed by atoms with Crippen LogP contribution in [0.3, 0.4) is 0 Å². The maximum atomic E-state index is 13.8. The van der Waals surface area contributed by atoms with Gasteiger partial charge in [-0.3, -0.25) is 0 Å². The summed E-state index contributed by atoms with van der Waals surface area (Å²) < 4.78 is 43.1. The highest BCUT2D eigenvalue weighted by Gasteiger charge is 2.15. The van der Waals surface area contributed by atoms with Gasteiger partial charge < -0.3 is 14.0 Å². The van der Waals surface area contributed by atoms with Gasteiger partial charge in [-0.05, 0) is 36.4 Å². The molecular formula is C22H16F2N2O3. The molecular weight excluding hydrogens is 378 g/mol. The zero-order chi connectivity index (χ0) is 20.2. The van der Waals surface area contributed by atoms with Crippen LogP contribution in [0.25, 0.3) is 22.8 Å². The number of para-hydroxylation sites is 1. The molecule has 3 aromatic carbocycles. The van der Waals surface area contributed by atoms with E-state index in [0.717, 1.165) is 6.07 Å². The Morgan fingerprint density at radius 2 is 1.83 bits per heavy atom. The van der Waals surface area contributed by atoms with Gasteiger partial charge in [0.15, 0.2) is 0 Å². The van der Waals surface area contributed by atoms with Gasteiger partial charge in [-0.25, -0.2) is 8.78 Å². The fourth-order valence-corrected chi connectivity index (χ4v) is 2.80. The molecule has 0 N–H and O–H groups in total. The van der Waals surface area contributed by atoms with Crippen LogP contribution in [-0.4, -0.2) is 17.3 Å². The fraction of sp³-hybridized carbons (Fsp3) is 0.0909. The highest BCUT2D eigenvalue weighted by Crippen LogP contribution is 2.30. The van der Waals surface area contributed by atoms with Crippen molar-refractivity contribution in [2.24, 2.45) is 0 Å². The lowest BCUT2D eigenvalue weighted by molar-refractivity contribution is 0.299. The van der Waals surface area contributed by atoms with Crippen molar-refractivity contribution in [1.29, 1.82) is 0 Å². The largest absolute Gasteiger partial charge is 0.496 e. The molecule has 7 heteroatoms. The number of hydrogen-bond acceptors (Lipinski definition) is 5. The molecule has 146 valence electrons. The second kappa shape index (κ2) is 8.10. The van der Waals surface area contributed by atoms with E-state index in [-0.39, 0.29) is 12.2 Å². The number of ether oxygens (including phenoxy) is 2. The lowest BCUT2D eigenvalue weighted by atomic mass is 10.2. The molecule has 1 heterocycles. The summed E-state index contributed by atoms with van der Waals surface area (Å²) in [4.78, 5) is 4.43. The van der Waals surface area contributed by atoms with E-state index in [0.29, 0.717) is 34.3 Å². The van der Waals surface area contributed by atoms with E-state index >= 15 is 0 Å². The van der Waals surface area contributed by atoms with Crippen LogP contribution in [0.15, 0.2) is 71.3 Å². The highest BCUT2D eigenvalue weighted by atomic mass is 19.1. The Morgan fingerprint density at radius 3 is 2.66 bits per heavy atom. The SMILES string of the molecule is COc1ccccc1-c1nc(-c2cccc(OCc3ccc(F)cc3F)c2)no1. The van der Waals surface area contributed by atoms with E-state index < -0.39 is 11.6 Å². The van der Waals surface area contributed by atoms with Crippen molar-refractivity contribution in [2.45, 2.75) is 6.61 Å². The average Bonchev–Trinajstić information content (AvgIpc) is 3.23. The molecule has 0 amide bonds. The summed E-state index contributed by atoms with van der Waals surface area (Å²) in [5.74, 6) is 0.550. The summed E-state index contributed by atoms with van der Waals surface area (Å²) in [5.41, 5.74) is 1.62. The van der Waals surface area contributed by atoms with Crippen LogP contribution in [0.1, 0.15) is 5.56 Å². The maximum absolute atomic E-state index is 13.8. The first-order valence-corrected chi connectivity index (χ1v) is 8.78. The molecule has 4 rings (SSSR count). The number of methoxy groups -OCH3 is 1. The quantitative estimate of drug-likeness (QED) is 0.446. The molecule has 0 bridgehead atoms. The molecule has 0 aliphatic heterocycles. The first kappa shape index (κ1) is 18.6. The van der Waals surface area contributed by atoms with Gasteiger partial charge in [-0.2, -0.15) is 4.98 Å². The van der Waals surface area contributed by atoms with E-state index in [1.54, 1.807) is 25.3 Å². The number of nitrogens with zero attached hydrogens (tertiary/aromatic N) is 2. The standard InChI is InChI=1S/C22H16F2N2O3/c1-27-20-8-3-2-7-18(20)22-25-21(26-29-22)14-5-4-6-17(11-14)28-13-15-9-10-16(23)12-19(15)24/h2-12H,13H2,1H3. The minimum atomic E-state index is -0.652. The molecule has 0 fully saturated rings. The van der Waals surface area contributed by atoms with Gasteiger partial charge >= 0.3 is 0 Å². The monoisotopic (exact) mass is 394 g/mol. The number of hydrogen-bond donors (Lipinski definition) is 0. The molecule has 5 nitrogen and oxygen atoms in total. The van der Waals surface area contributed by atoms with Crippen LogP contribution in [0.2, 0.25) is 0 Å². The van der Waals surface area contributed by atoms with E-state index in [1.807, 2.05) is 30.3 Å². The zero-order valence-electron chi connectivity index (χ0n) is 15.4. The second-order valence-corrected chi connectivity index (χ2v) is 6.18. The van der Waals surface area contributed by atoms with Crippen molar-refractivity contribution in [3.63, 3.8) is 0 Å². The van der Waals surface area contributed by atoms with Crippen molar-refractivity contribution in [3.8, 4) is 34.3 Å². The van der Waals surface area contributed by atoms with Gasteiger partial charge in [-0.15, -0.1) is 0 Å². The Kier molecular flexibility index (Phi) is 5.20. The number of halogens is 2. The van der Waals surface area contributed by atoms with Crippen molar-refractivity contribution < 1.29 is 22.8 Å². The Bertz CT molecular complexity index is 1140. The Labute approximate surface area is 165 Å². The van der Waals surface area contributed by atoms with E-state index in [4.69, 9.17) is 14.0 Å². The van der Waals surface area contributed by atoms with Gasteiger partial charge in [0.05, 0.1) is 12.7 Å². The van der Waals surface area contributed by atoms with E-state index in [2.05, 4.69) is 10.1 Å². The summed E-state index contributed by atoms with van der Waals surface area (Å²) in [6.07, 6.45) is 0. The molecule has 0 aliphatic rings. The lowest BCUT2D eigenvalue weighted by Crippen LogP contribution is -1.99. The Balaban J connectivity index is 1.54. The van der Waals surface area contributed by atoms with Crippen LogP contribution in [-0.2, 0) is 6.61 Å². The summed E-state index contributed by atoms with van der Waals surface area (Å²) in [5, 5.41) is 4.02. The predicted octanol–water partition coefficient (Wildman–Crippen LogP) is 5.27. The molecule has 4 aromatic rings. The Hall–Kier alpha value is -3.74. The van der Waals surface area contributed by atoms with Crippen molar-refractivity contribution in [2.75, 3.05) is 7.11 Å². The normalized spacial score (nSPS) is 10.7. The zero-order valence-corrected chi connectivity index (χ0v) is 15.4. The van der Waals surface area contributed by atoms with Crippen LogP contribution in [0, 0.1) is 11.6 Å². The minimum Gasteiger partial charge on any atom is -0.496 e. The maximum Gasteiger partial charge on any atom is 0.262 e. The van der Waals surface area contributed by atoms with Crippen LogP contribution >= 0.6 is 0 Å². The summed E-state index contributed by atoms with van der Waals surface area (Å²) >= 11 is 0.